The molecule has 1 aromatic rings. The van der Waals surface area contributed by atoms with Crippen LogP contribution in [0.15, 0.2) is 30.3 Å². The summed E-state index contributed by atoms with van der Waals surface area (Å²) in [6.45, 7) is 1.30. The van der Waals surface area contributed by atoms with Crippen molar-refractivity contribution < 1.29 is 19.2 Å². The number of carbonyl (C=O) groups is 4. The zero-order valence-corrected chi connectivity index (χ0v) is 15.6. The Balaban J connectivity index is 2.64. The van der Waals surface area contributed by atoms with E-state index in [-0.39, 0.29) is 24.1 Å². The minimum atomic E-state index is -0.969. The van der Waals surface area contributed by atoms with Gasteiger partial charge in [-0.05, 0) is 0 Å². The van der Waals surface area contributed by atoms with Crippen molar-refractivity contribution in [2.24, 2.45) is 11.5 Å². The van der Waals surface area contributed by atoms with Crippen molar-refractivity contribution in [2.75, 3.05) is 6.54 Å². The molecule has 0 aromatic heterocycles. The Morgan fingerprint density at radius 3 is 2.32 bits per heavy atom. The summed E-state index contributed by atoms with van der Waals surface area (Å²) >= 11 is -0.433. The molecule has 0 aliphatic heterocycles. The van der Waals surface area contributed by atoms with Crippen LogP contribution in [0.3, 0.4) is 0 Å². The number of rotatable bonds is 10. The molecule has 1 aromatic carbocycles. The maximum absolute atomic E-state index is 12.3. The zero-order chi connectivity index (χ0) is 18.8. The first-order chi connectivity index (χ1) is 11.8. The molecule has 0 fully saturated rings. The number of carbonyl (C=O) groups excluding carboxylic acids is 4. The number of primary amides is 1. The first-order valence-corrected chi connectivity index (χ1v) is 9.39. The van der Waals surface area contributed by atoms with Gasteiger partial charge in [0.25, 0.3) is 0 Å². The van der Waals surface area contributed by atoms with Crippen LogP contribution in [0.4, 0.5) is 0 Å². The summed E-state index contributed by atoms with van der Waals surface area (Å²) in [5.41, 5.74) is 10.3. The van der Waals surface area contributed by atoms with Crippen LogP contribution in [0.1, 0.15) is 19.8 Å². The van der Waals surface area contributed by atoms with E-state index in [2.05, 4.69) is 10.6 Å². The fourth-order valence-corrected chi connectivity index (χ4v) is 3.47. The van der Waals surface area contributed by atoms with Gasteiger partial charge in [-0.2, -0.15) is 0 Å². The fraction of sp³-hybridized carbons (Fsp3) is 0.375. The molecule has 0 aliphatic rings. The predicted octanol–water partition coefficient (Wildman–Crippen LogP) is -2.24. The van der Waals surface area contributed by atoms with E-state index < -0.39 is 44.8 Å². The van der Waals surface area contributed by atoms with E-state index >= 15 is 0 Å². The van der Waals surface area contributed by atoms with Crippen molar-refractivity contribution in [1.82, 2.24) is 10.6 Å². The van der Waals surface area contributed by atoms with Gasteiger partial charge < -0.3 is 0 Å². The Labute approximate surface area is 152 Å². The van der Waals surface area contributed by atoms with E-state index in [4.69, 9.17) is 11.5 Å². The topological polar surface area (TPSA) is 144 Å². The van der Waals surface area contributed by atoms with Gasteiger partial charge in [0.15, 0.2) is 0 Å². The van der Waals surface area contributed by atoms with Crippen molar-refractivity contribution in [1.29, 1.82) is 0 Å². The van der Waals surface area contributed by atoms with Crippen LogP contribution in [0.25, 0.3) is 0 Å². The number of hydrogen-bond donors (Lipinski definition) is 4. The van der Waals surface area contributed by atoms with Crippen LogP contribution in [-0.4, -0.2) is 56.0 Å². The van der Waals surface area contributed by atoms with Crippen LogP contribution in [0, 0.1) is 0 Å². The number of nitrogens with two attached hydrogens (primary N) is 2. The molecule has 2 atom stereocenters. The average molecular weight is 413 g/mol. The van der Waals surface area contributed by atoms with Crippen LogP contribution in [0.5, 0.6) is 0 Å². The van der Waals surface area contributed by atoms with Gasteiger partial charge >= 0.3 is 152 Å². The Bertz CT molecular complexity index is 624. The third kappa shape index (κ3) is 7.93. The molecule has 6 N–H and O–H groups in total. The molecule has 0 saturated carbocycles. The fourth-order valence-electron chi connectivity index (χ4n) is 1.87. The van der Waals surface area contributed by atoms with Crippen LogP contribution >= 0.6 is 0 Å². The Morgan fingerprint density at radius 1 is 1.12 bits per heavy atom. The van der Waals surface area contributed by atoms with E-state index in [0.29, 0.717) is 0 Å². The second-order valence-corrected chi connectivity index (χ2v) is 7.56. The van der Waals surface area contributed by atoms with E-state index in [1.54, 1.807) is 6.92 Å². The summed E-state index contributed by atoms with van der Waals surface area (Å²) in [6.07, 6.45) is -0.0309. The third-order valence-corrected chi connectivity index (χ3v) is 5.42. The molecule has 0 radical (unpaired) electrons. The van der Waals surface area contributed by atoms with Gasteiger partial charge in [-0.3, -0.25) is 0 Å². The molecule has 0 aliphatic carbocycles. The quantitative estimate of drug-likeness (QED) is 0.321. The molecule has 0 heterocycles. The second kappa shape index (κ2) is 10.6. The van der Waals surface area contributed by atoms with Gasteiger partial charge in [0.05, 0.1) is 0 Å². The third-order valence-electron chi connectivity index (χ3n) is 3.19. The predicted molar refractivity (Wildman–Crippen MR) is 93.9 cm³/mol. The number of nitrogens with one attached hydrogen (secondary N) is 2. The average Bonchev–Trinajstić information content (AvgIpc) is 2.58. The normalized spacial score (nSPS) is 12.7. The monoisotopic (exact) mass is 414 g/mol. The van der Waals surface area contributed by atoms with E-state index in [9.17, 15) is 19.2 Å². The van der Waals surface area contributed by atoms with Crippen molar-refractivity contribution >= 4 is 41.8 Å². The van der Waals surface area contributed by atoms with Gasteiger partial charge in [0.1, 0.15) is 0 Å². The molecule has 25 heavy (non-hydrogen) atoms. The van der Waals surface area contributed by atoms with Crippen molar-refractivity contribution in [3.05, 3.63) is 30.3 Å². The van der Waals surface area contributed by atoms with Gasteiger partial charge in [-0.25, -0.2) is 0 Å². The van der Waals surface area contributed by atoms with Crippen LogP contribution < -0.4 is 26.6 Å². The van der Waals surface area contributed by atoms with Gasteiger partial charge in [-0.15, -0.1) is 0 Å². The summed E-state index contributed by atoms with van der Waals surface area (Å²) in [6, 6.07) is 7.57. The van der Waals surface area contributed by atoms with E-state index in [1.165, 1.54) is 0 Å². The van der Waals surface area contributed by atoms with Gasteiger partial charge in [0.2, 0.25) is 0 Å². The van der Waals surface area contributed by atoms with Crippen molar-refractivity contribution in [2.45, 2.75) is 31.8 Å². The zero-order valence-electron chi connectivity index (χ0n) is 13.9. The molecule has 9 heteroatoms. The molecule has 136 valence electrons. The molecule has 3 amide bonds. The number of amides is 3. The van der Waals surface area contributed by atoms with Crippen molar-refractivity contribution in [3.63, 3.8) is 0 Å². The SMILES string of the molecule is C[C@H](NC(=O)[C@H](CCC(N)=O)NC(=O)CN)C(=O)[Se]c1ccccc1. The van der Waals surface area contributed by atoms with Crippen LogP contribution in [-0.2, 0) is 19.2 Å². The molecule has 0 saturated heterocycles. The first kappa shape index (κ1) is 20.8. The summed E-state index contributed by atoms with van der Waals surface area (Å²) in [5.74, 6) is -1.67. The summed E-state index contributed by atoms with van der Waals surface area (Å²) < 4.78 is 0.800. The Morgan fingerprint density at radius 2 is 1.76 bits per heavy atom. The summed E-state index contributed by atoms with van der Waals surface area (Å²) in [4.78, 5) is 46.9. The van der Waals surface area contributed by atoms with Crippen molar-refractivity contribution in [3.8, 4) is 0 Å². The first-order valence-electron chi connectivity index (χ1n) is 7.68. The Hall–Kier alpha value is -2.22. The second-order valence-electron chi connectivity index (χ2n) is 5.29. The van der Waals surface area contributed by atoms with Gasteiger partial charge in [0, 0.05) is 0 Å². The standard InChI is InChI=1S/C16H22N4O4Se/c1-10(16(24)25-11-5-3-2-4-6-11)19-15(23)12(7-8-13(18)21)20-14(22)9-17/h2-6,10,12H,7-9,17H2,1H3,(H2,18,21)(H,19,23)(H,20,22)/t10-,12-/m0/s1. The maximum atomic E-state index is 12.3. The molecular formula is C16H22N4O4Se. The summed E-state index contributed by atoms with van der Waals surface area (Å²) in [7, 11) is 0. The summed E-state index contributed by atoms with van der Waals surface area (Å²) in [5, 5.41) is 5.00. The molecular weight excluding hydrogens is 391 g/mol. The molecule has 0 bridgehead atoms. The molecule has 8 nitrogen and oxygen atoms in total. The molecule has 1 rings (SSSR count). The van der Waals surface area contributed by atoms with Crippen LogP contribution in [0.2, 0.25) is 0 Å². The molecule has 0 spiro atoms. The van der Waals surface area contributed by atoms with Gasteiger partial charge in [-0.1, -0.05) is 0 Å². The Kier molecular flexibility index (Phi) is 8.83. The number of hydrogen-bond acceptors (Lipinski definition) is 5. The minimum absolute atomic E-state index is 0.0393. The van der Waals surface area contributed by atoms with E-state index in [1.807, 2.05) is 30.3 Å². The molecule has 0 unspecified atom stereocenters. The number of benzene rings is 1. The van der Waals surface area contributed by atoms with E-state index in [0.717, 1.165) is 4.46 Å².